The Bertz CT molecular complexity index is 1200. The van der Waals surface area contributed by atoms with Crippen LogP contribution in [-0.2, 0) is 16.1 Å². The fraction of sp³-hybridized carbons (Fsp3) is 0.185. The Morgan fingerprint density at radius 2 is 1.53 bits per heavy atom. The van der Waals surface area contributed by atoms with Crippen molar-refractivity contribution in [3.63, 3.8) is 0 Å². The van der Waals surface area contributed by atoms with Gasteiger partial charge in [-0.05, 0) is 60.4 Å². The fourth-order valence-corrected chi connectivity index (χ4v) is 3.93. The average Bonchev–Trinajstić information content (AvgIpc) is 3.06. The molecule has 32 heavy (non-hydrogen) atoms. The van der Waals surface area contributed by atoms with Crippen molar-refractivity contribution in [3.8, 4) is 5.75 Å². The predicted molar refractivity (Wildman–Crippen MR) is 126 cm³/mol. The minimum Gasteiger partial charge on any atom is -0.497 e. The fourth-order valence-electron chi connectivity index (χ4n) is 3.93. The molecule has 0 fully saturated rings. The van der Waals surface area contributed by atoms with Crippen LogP contribution in [-0.4, -0.2) is 30.9 Å². The molecular weight excluding hydrogens is 400 g/mol. The minimum atomic E-state index is -0.327. The third kappa shape index (κ3) is 3.89. The van der Waals surface area contributed by atoms with Crippen LogP contribution < -0.4 is 9.64 Å². The van der Waals surface area contributed by atoms with Gasteiger partial charge in [0.1, 0.15) is 11.4 Å². The van der Waals surface area contributed by atoms with Crippen LogP contribution >= 0.6 is 0 Å². The molecule has 5 nitrogen and oxygen atoms in total. The van der Waals surface area contributed by atoms with Crippen LogP contribution in [0.3, 0.4) is 0 Å². The number of ether oxygens (including phenoxy) is 1. The second-order valence-electron chi connectivity index (χ2n) is 8.01. The van der Waals surface area contributed by atoms with Gasteiger partial charge in [-0.2, -0.15) is 0 Å². The summed E-state index contributed by atoms with van der Waals surface area (Å²) in [6.07, 6.45) is 0. The van der Waals surface area contributed by atoms with Crippen molar-refractivity contribution in [2.45, 2.75) is 20.4 Å². The SMILES string of the molecule is COc1ccc(N2C(=O)C(c3ccc(C)c(C)c3)=C(N(C)Cc3ccccc3)C2=O)cc1. The highest BCUT2D eigenvalue weighted by atomic mass is 16.5. The van der Waals surface area contributed by atoms with Crippen molar-refractivity contribution < 1.29 is 14.3 Å². The van der Waals surface area contributed by atoms with Crippen LogP contribution in [0.5, 0.6) is 5.75 Å². The number of hydrogen-bond acceptors (Lipinski definition) is 4. The molecule has 4 rings (SSSR count). The minimum absolute atomic E-state index is 0.321. The molecule has 1 heterocycles. The van der Waals surface area contributed by atoms with E-state index in [0.717, 1.165) is 22.3 Å². The molecule has 0 aromatic heterocycles. The van der Waals surface area contributed by atoms with Crippen molar-refractivity contribution in [1.29, 1.82) is 0 Å². The van der Waals surface area contributed by atoms with E-state index in [9.17, 15) is 9.59 Å². The Labute approximate surface area is 188 Å². The summed E-state index contributed by atoms with van der Waals surface area (Å²) in [5.41, 5.74) is 5.36. The number of carbonyl (C=O) groups excluding carboxylic acids is 2. The van der Waals surface area contributed by atoms with Gasteiger partial charge in [0.2, 0.25) is 0 Å². The monoisotopic (exact) mass is 426 g/mol. The van der Waals surface area contributed by atoms with Gasteiger partial charge in [0.15, 0.2) is 0 Å². The zero-order chi connectivity index (χ0) is 22.8. The largest absolute Gasteiger partial charge is 0.497 e. The summed E-state index contributed by atoms with van der Waals surface area (Å²) < 4.78 is 5.22. The molecule has 3 aromatic rings. The van der Waals surface area contributed by atoms with Crippen LogP contribution in [0.4, 0.5) is 5.69 Å². The molecule has 0 N–H and O–H groups in total. The second-order valence-corrected chi connectivity index (χ2v) is 8.01. The standard InChI is InChI=1S/C27H26N2O3/c1-18-10-11-21(16-19(18)2)24-25(28(3)17-20-8-6-5-7-9-20)27(31)29(26(24)30)22-12-14-23(32-4)15-13-22/h5-16H,17H2,1-4H3. The van der Waals surface area contributed by atoms with Crippen LogP contribution in [0.1, 0.15) is 22.3 Å². The molecule has 0 atom stereocenters. The van der Waals surface area contributed by atoms with Gasteiger partial charge in [0.25, 0.3) is 11.8 Å². The Kier molecular flexibility index (Phi) is 5.82. The molecule has 2 amide bonds. The summed E-state index contributed by atoms with van der Waals surface area (Å²) in [6, 6.07) is 22.7. The number of nitrogens with zero attached hydrogens (tertiary/aromatic N) is 2. The topological polar surface area (TPSA) is 49.9 Å². The number of methoxy groups -OCH3 is 1. The molecule has 3 aromatic carbocycles. The first kappa shape index (κ1) is 21.4. The van der Waals surface area contributed by atoms with E-state index in [-0.39, 0.29) is 11.8 Å². The number of aryl methyl sites for hydroxylation is 2. The van der Waals surface area contributed by atoms with Gasteiger partial charge in [0, 0.05) is 13.6 Å². The van der Waals surface area contributed by atoms with Gasteiger partial charge in [-0.3, -0.25) is 9.59 Å². The van der Waals surface area contributed by atoms with Crippen molar-refractivity contribution in [2.75, 3.05) is 19.1 Å². The highest BCUT2D eigenvalue weighted by Gasteiger charge is 2.41. The molecule has 0 saturated heterocycles. The van der Waals surface area contributed by atoms with Gasteiger partial charge in [-0.15, -0.1) is 0 Å². The van der Waals surface area contributed by atoms with E-state index in [1.807, 2.05) is 74.3 Å². The Morgan fingerprint density at radius 3 is 2.16 bits per heavy atom. The van der Waals surface area contributed by atoms with Crippen molar-refractivity contribution in [3.05, 3.63) is 101 Å². The van der Waals surface area contributed by atoms with Crippen molar-refractivity contribution >= 4 is 23.1 Å². The maximum Gasteiger partial charge on any atom is 0.282 e. The second kappa shape index (κ2) is 8.71. The summed E-state index contributed by atoms with van der Waals surface area (Å²) in [5, 5.41) is 0. The number of rotatable bonds is 6. The number of amides is 2. The zero-order valence-corrected chi connectivity index (χ0v) is 18.8. The first-order valence-corrected chi connectivity index (χ1v) is 10.5. The van der Waals surface area contributed by atoms with Gasteiger partial charge in [-0.1, -0.05) is 48.5 Å². The lowest BCUT2D eigenvalue weighted by Crippen LogP contribution is -2.34. The number of anilines is 1. The first-order chi connectivity index (χ1) is 15.4. The van der Waals surface area contributed by atoms with Gasteiger partial charge in [0.05, 0.1) is 18.4 Å². The van der Waals surface area contributed by atoms with Crippen LogP contribution in [0.25, 0.3) is 5.57 Å². The maximum atomic E-state index is 13.6. The van der Waals surface area contributed by atoms with Gasteiger partial charge < -0.3 is 9.64 Å². The third-order valence-corrected chi connectivity index (χ3v) is 5.83. The van der Waals surface area contributed by atoms with Crippen LogP contribution in [0.2, 0.25) is 0 Å². The van der Waals surface area contributed by atoms with Crippen LogP contribution in [0, 0.1) is 13.8 Å². The van der Waals surface area contributed by atoms with E-state index < -0.39 is 0 Å². The number of hydrogen-bond donors (Lipinski definition) is 0. The number of likely N-dealkylation sites (N-methyl/N-ethyl adjacent to an activating group) is 1. The maximum absolute atomic E-state index is 13.6. The molecule has 0 unspecified atom stereocenters. The number of benzene rings is 3. The van der Waals surface area contributed by atoms with Crippen molar-refractivity contribution in [1.82, 2.24) is 4.90 Å². The van der Waals surface area contributed by atoms with E-state index in [1.165, 1.54) is 4.90 Å². The predicted octanol–water partition coefficient (Wildman–Crippen LogP) is 4.73. The Balaban J connectivity index is 1.80. The van der Waals surface area contributed by atoms with E-state index in [1.54, 1.807) is 31.4 Å². The lowest BCUT2D eigenvalue weighted by atomic mass is 9.99. The molecule has 0 spiro atoms. The van der Waals surface area contributed by atoms with E-state index in [2.05, 4.69) is 0 Å². The third-order valence-electron chi connectivity index (χ3n) is 5.83. The lowest BCUT2D eigenvalue weighted by molar-refractivity contribution is -0.120. The summed E-state index contributed by atoms with van der Waals surface area (Å²) in [6.45, 7) is 4.55. The highest BCUT2D eigenvalue weighted by Crippen LogP contribution is 2.36. The molecule has 0 aliphatic carbocycles. The summed E-state index contributed by atoms with van der Waals surface area (Å²) in [7, 11) is 3.43. The highest BCUT2D eigenvalue weighted by molar-refractivity contribution is 6.45. The van der Waals surface area contributed by atoms with E-state index >= 15 is 0 Å². The molecule has 0 saturated carbocycles. The molecular formula is C27H26N2O3. The quantitative estimate of drug-likeness (QED) is 0.535. The smallest absolute Gasteiger partial charge is 0.282 e. The summed E-state index contributed by atoms with van der Waals surface area (Å²) in [4.78, 5) is 30.4. The van der Waals surface area contributed by atoms with Gasteiger partial charge in [-0.25, -0.2) is 4.90 Å². The van der Waals surface area contributed by atoms with Gasteiger partial charge >= 0.3 is 0 Å². The zero-order valence-electron chi connectivity index (χ0n) is 18.8. The first-order valence-electron chi connectivity index (χ1n) is 10.5. The van der Waals surface area contributed by atoms with Crippen LogP contribution in [0.15, 0.2) is 78.5 Å². The molecule has 162 valence electrons. The average molecular weight is 427 g/mol. The molecule has 1 aliphatic rings. The van der Waals surface area contributed by atoms with E-state index in [4.69, 9.17) is 4.74 Å². The Morgan fingerprint density at radius 1 is 0.844 bits per heavy atom. The summed E-state index contributed by atoms with van der Waals surface area (Å²) >= 11 is 0. The van der Waals surface area contributed by atoms with E-state index in [0.29, 0.717) is 29.3 Å². The molecule has 0 bridgehead atoms. The summed E-state index contributed by atoms with van der Waals surface area (Å²) in [5.74, 6) is 0.0155. The molecule has 0 radical (unpaired) electrons. The van der Waals surface area contributed by atoms with Crippen molar-refractivity contribution in [2.24, 2.45) is 0 Å². The Hall–Kier alpha value is -3.86. The molecule has 5 heteroatoms. The molecule has 1 aliphatic heterocycles. The number of imide groups is 1. The number of carbonyl (C=O) groups is 2. The lowest BCUT2D eigenvalue weighted by Gasteiger charge is -2.21. The normalized spacial score (nSPS) is 13.7.